The zero-order valence-electron chi connectivity index (χ0n) is 8.88. The Labute approximate surface area is 84.7 Å². The van der Waals surface area contributed by atoms with Gasteiger partial charge in [0.1, 0.15) is 0 Å². The van der Waals surface area contributed by atoms with E-state index >= 15 is 0 Å². The van der Waals surface area contributed by atoms with Gasteiger partial charge in [0.2, 0.25) is 0 Å². The van der Waals surface area contributed by atoms with Crippen LogP contribution in [0.1, 0.15) is 39.5 Å². The molecule has 4 heteroatoms. The molecule has 4 nitrogen and oxygen atoms in total. The molecule has 0 aliphatic rings. The number of hydrogen-bond donors (Lipinski definition) is 2. The van der Waals surface area contributed by atoms with Gasteiger partial charge in [-0.3, -0.25) is 4.84 Å². The van der Waals surface area contributed by atoms with Crippen molar-refractivity contribution in [3.8, 4) is 0 Å². The SMILES string of the molecule is CCCCCC(C)=C(CON)C(=O)O. The molecule has 0 saturated carbocycles. The topological polar surface area (TPSA) is 72.5 Å². The van der Waals surface area contributed by atoms with E-state index in [-0.39, 0.29) is 12.2 Å². The summed E-state index contributed by atoms with van der Waals surface area (Å²) < 4.78 is 0. The van der Waals surface area contributed by atoms with Crippen LogP contribution in [0.4, 0.5) is 0 Å². The van der Waals surface area contributed by atoms with Crippen LogP contribution in [0.5, 0.6) is 0 Å². The minimum absolute atomic E-state index is 0.0205. The van der Waals surface area contributed by atoms with Gasteiger partial charge in [0.05, 0.1) is 12.2 Å². The van der Waals surface area contributed by atoms with Crippen LogP contribution in [0, 0.1) is 0 Å². The second-order valence-electron chi connectivity index (χ2n) is 3.33. The van der Waals surface area contributed by atoms with Crippen molar-refractivity contribution in [1.82, 2.24) is 0 Å². The van der Waals surface area contributed by atoms with E-state index < -0.39 is 5.97 Å². The molecule has 0 unspecified atom stereocenters. The highest BCUT2D eigenvalue weighted by atomic mass is 16.6. The lowest BCUT2D eigenvalue weighted by Gasteiger charge is -2.06. The molecule has 0 radical (unpaired) electrons. The van der Waals surface area contributed by atoms with Gasteiger partial charge in [-0.1, -0.05) is 25.3 Å². The highest BCUT2D eigenvalue weighted by Crippen LogP contribution is 2.13. The summed E-state index contributed by atoms with van der Waals surface area (Å²) in [5.41, 5.74) is 1.14. The zero-order valence-corrected chi connectivity index (χ0v) is 8.88. The monoisotopic (exact) mass is 201 g/mol. The number of rotatable bonds is 7. The van der Waals surface area contributed by atoms with Gasteiger partial charge < -0.3 is 5.11 Å². The second-order valence-corrected chi connectivity index (χ2v) is 3.33. The summed E-state index contributed by atoms with van der Waals surface area (Å²) in [7, 11) is 0. The number of carboxylic acids is 1. The van der Waals surface area contributed by atoms with Crippen molar-refractivity contribution in [2.45, 2.75) is 39.5 Å². The Morgan fingerprint density at radius 2 is 2.07 bits per heavy atom. The Hall–Kier alpha value is -0.870. The first-order valence-corrected chi connectivity index (χ1v) is 4.87. The molecule has 0 bridgehead atoms. The van der Waals surface area contributed by atoms with Crippen molar-refractivity contribution >= 4 is 5.97 Å². The number of unbranched alkanes of at least 4 members (excludes halogenated alkanes) is 2. The first kappa shape index (κ1) is 13.1. The van der Waals surface area contributed by atoms with E-state index in [1.165, 1.54) is 0 Å². The standard InChI is InChI=1S/C10H19NO3/c1-3-4-5-6-8(2)9(7-14-11)10(12)13/h3-7,11H2,1-2H3,(H,12,13). The van der Waals surface area contributed by atoms with Crippen molar-refractivity contribution in [2.24, 2.45) is 5.90 Å². The van der Waals surface area contributed by atoms with Gasteiger partial charge in [-0.05, 0) is 19.8 Å². The molecule has 0 aromatic heterocycles. The number of hydrogen-bond acceptors (Lipinski definition) is 3. The smallest absolute Gasteiger partial charge is 0.333 e. The molecule has 0 aliphatic heterocycles. The number of aliphatic carboxylic acids is 1. The summed E-state index contributed by atoms with van der Waals surface area (Å²) in [5, 5.41) is 8.84. The maximum Gasteiger partial charge on any atom is 0.333 e. The summed E-state index contributed by atoms with van der Waals surface area (Å²) in [4.78, 5) is 15.1. The Balaban J connectivity index is 4.24. The molecule has 0 saturated heterocycles. The maximum atomic E-state index is 10.8. The van der Waals surface area contributed by atoms with Crippen LogP contribution in [-0.2, 0) is 9.63 Å². The van der Waals surface area contributed by atoms with Crippen molar-refractivity contribution in [1.29, 1.82) is 0 Å². The average molecular weight is 201 g/mol. The van der Waals surface area contributed by atoms with Gasteiger partial charge in [0, 0.05) is 0 Å². The van der Waals surface area contributed by atoms with E-state index in [9.17, 15) is 4.79 Å². The lowest BCUT2D eigenvalue weighted by Crippen LogP contribution is -2.13. The molecule has 0 aromatic carbocycles. The lowest BCUT2D eigenvalue weighted by atomic mass is 10.0. The predicted molar refractivity (Wildman–Crippen MR) is 54.6 cm³/mol. The van der Waals surface area contributed by atoms with Crippen LogP contribution in [0.25, 0.3) is 0 Å². The molecule has 82 valence electrons. The van der Waals surface area contributed by atoms with Gasteiger partial charge in [-0.15, -0.1) is 0 Å². The van der Waals surface area contributed by atoms with Crippen LogP contribution in [0.2, 0.25) is 0 Å². The van der Waals surface area contributed by atoms with E-state index in [4.69, 9.17) is 11.0 Å². The number of allylic oxidation sites excluding steroid dienone is 1. The fourth-order valence-corrected chi connectivity index (χ4v) is 1.24. The molecule has 0 rings (SSSR count). The van der Waals surface area contributed by atoms with Crippen LogP contribution >= 0.6 is 0 Å². The second kappa shape index (κ2) is 7.53. The fourth-order valence-electron chi connectivity index (χ4n) is 1.24. The number of carboxylic acid groups (broad SMARTS) is 1. The normalized spacial score (nSPS) is 12.5. The van der Waals surface area contributed by atoms with Crippen LogP contribution < -0.4 is 5.90 Å². The van der Waals surface area contributed by atoms with E-state index in [0.717, 1.165) is 31.3 Å². The molecule has 0 aliphatic carbocycles. The van der Waals surface area contributed by atoms with Crippen molar-refractivity contribution < 1.29 is 14.7 Å². The summed E-state index contributed by atoms with van der Waals surface area (Å²) in [6.07, 6.45) is 4.07. The van der Waals surface area contributed by atoms with Crippen LogP contribution in [0.3, 0.4) is 0 Å². The van der Waals surface area contributed by atoms with Crippen molar-refractivity contribution in [2.75, 3.05) is 6.61 Å². The summed E-state index contributed by atoms with van der Waals surface area (Å²) in [6, 6.07) is 0. The quantitative estimate of drug-likeness (QED) is 0.374. The van der Waals surface area contributed by atoms with E-state index in [2.05, 4.69) is 11.8 Å². The Bertz CT molecular complexity index is 211. The Morgan fingerprint density at radius 3 is 2.50 bits per heavy atom. The summed E-state index contributed by atoms with van der Waals surface area (Å²) >= 11 is 0. The predicted octanol–water partition coefficient (Wildman–Crippen LogP) is 1.86. The number of carbonyl (C=O) groups is 1. The molecule has 0 amide bonds. The van der Waals surface area contributed by atoms with Gasteiger partial charge in [-0.2, -0.15) is 0 Å². The maximum absolute atomic E-state index is 10.8. The Kier molecular flexibility index (Phi) is 7.06. The summed E-state index contributed by atoms with van der Waals surface area (Å²) in [5.74, 6) is 3.92. The number of nitrogens with two attached hydrogens (primary N) is 1. The van der Waals surface area contributed by atoms with Gasteiger partial charge in [0.15, 0.2) is 0 Å². The zero-order chi connectivity index (χ0) is 11.0. The molecular formula is C10H19NO3. The molecule has 0 atom stereocenters. The minimum atomic E-state index is -0.940. The summed E-state index contributed by atoms with van der Waals surface area (Å²) in [6.45, 7) is 3.91. The molecule has 0 aromatic rings. The van der Waals surface area contributed by atoms with Crippen molar-refractivity contribution in [3.05, 3.63) is 11.1 Å². The third kappa shape index (κ3) is 4.99. The van der Waals surface area contributed by atoms with Crippen LogP contribution in [-0.4, -0.2) is 17.7 Å². The van der Waals surface area contributed by atoms with Gasteiger partial charge >= 0.3 is 5.97 Å². The Morgan fingerprint density at radius 1 is 1.43 bits per heavy atom. The van der Waals surface area contributed by atoms with E-state index in [1.807, 2.05) is 6.92 Å². The fraction of sp³-hybridized carbons (Fsp3) is 0.700. The van der Waals surface area contributed by atoms with Crippen LogP contribution in [0.15, 0.2) is 11.1 Å². The molecular weight excluding hydrogens is 182 g/mol. The molecule has 3 N–H and O–H groups in total. The molecule has 0 spiro atoms. The van der Waals surface area contributed by atoms with E-state index in [1.54, 1.807) is 0 Å². The van der Waals surface area contributed by atoms with E-state index in [0.29, 0.717) is 0 Å². The highest BCUT2D eigenvalue weighted by Gasteiger charge is 2.10. The van der Waals surface area contributed by atoms with Gasteiger partial charge in [0.25, 0.3) is 0 Å². The molecule has 0 fully saturated rings. The van der Waals surface area contributed by atoms with Crippen molar-refractivity contribution in [3.63, 3.8) is 0 Å². The molecule has 14 heavy (non-hydrogen) atoms. The largest absolute Gasteiger partial charge is 0.478 e. The first-order chi connectivity index (χ1) is 6.63. The third-order valence-electron chi connectivity index (χ3n) is 2.16. The lowest BCUT2D eigenvalue weighted by molar-refractivity contribution is -0.133. The van der Waals surface area contributed by atoms with Gasteiger partial charge in [-0.25, -0.2) is 10.7 Å². The first-order valence-electron chi connectivity index (χ1n) is 4.87. The third-order valence-corrected chi connectivity index (χ3v) is 2.16. The highest BCUT2D eigenvalue weighted by molar-refractivity contribution is 5.87. The molecule has 0 heterocycles. The minimum Gasteiger partial charge on any atom is -0.478 e. The average Bonchev–Trinajstić information content (AvgIpc) is 2.13.